The van der Waals surface area contributed by atoms with Crippen LogP contribution in [0.4, 0.5) is 5.13 Å². The number of nitrogens with one attached hydrogen (secondary N) is 1. The van der Waals surface area contributed by atoms with Gasteiger partial charge in [-0.25, -0.2) is 9.97 Å². The molecule has 0 aliphatic heterocycles. The minimum Gasteiger partial charge on any atom is -0.497 e. The standard InChI is InChI=1S/C24H23N3O3S/c1-16-23(18-11-13-19(29-2)14-12-18)27-24(31-16)26-21(28)9-6-10-22-25-15-20(30-22)17-7-4-3-5-8-17/h3-5,7-8,11-15H,6,9-10H2,1-2H3,(H,26,27,28). The number of hydrogen-bond donors (Lipinski definition) is 1. The molecular weight excluding hydrogens is 410 g/mol. The van der Waals surface area contributed by atoms with E-state index in [1.165, 1.54) is 11.3 Å². The summed E-state index contributed by atoms with van der Waals surface area (Å²) in [5, 5.41) is 3.51. The van der Waals surface area contributed by atoms with Crippen LogP contribution in [-0.2, 0) is 11.2 Å². The molecule has 0 atom stereocenters. The van der Waals surface area contributed by atoms with Crippen LogP contribution >= 0.6 is 11.3 Å². The first-order chi connectivity index (χ1) is 15.1. The number of benzene rings is 2. The molecule has 4 aromatic rings. The Morgan fingerprint density at radius 3 is 2.61 bits per heavy atom. The predicted molar refractivity (Wildman–Crippen MR) is 122 cm³/mol. The fraction of sp³-hybridized carbons (Fsp3) is 0.208. The minimum absolute atomic E-state index is 0.0649. The number of rotatable bonds is 8. The molecule has 158 valence electrons. The van der Waals surface area contributed by atoms with Gasteiger partial charge in [0.2, 0.25) is 5.91 Å². The van der Waals surface area contributed by atoms with Gasteiger partial charge in [0.05, 0.1) is 19.0 Å². The maximum absolute atomic E-state index is 12.4. The second-order valence-electron chi connectivity index (χ2n) is 7.04. The van der Waals surface area contributed by atoms with Gasteiger partial charge in [-0.15, -0.1) is 11.3 Å². The maximum Gasteiger partial charge on any atom is 0.226 e. The summed E-state index contributed by atoms with van der Waals surface area (Å²) in [6, 6.07) is 17.6. The second kappa shape index (κ2) is 9.57. The van der Waals surface area contributed by atoms with Crippen LogP contribution < -0.4 is 10.1 Å². The maximum atomic E-state index is 12.4. The highest BCUT2D eigenvalue weighted by Crippen LogP contribution is 2.31. The topological polar surface area (TPSA) is 77.2 Å². The monoisotopic (exact) mass is 433 g/mol. The van der Waals surface area contributed by atoms with Crippen molar-refractivity contribution in [3.63, 3.8) is 0 Å². The molecule has 2 aromatic carbocycles. The molecule has 0 saturated heterocycles. The van der Waals surface area contributed by atoms with Crippen molar-refractivity contribution in [3.8, 4) is 28.3 Å². The van der Waals surface area contributed by atoms with E-state index in [1.54, 1.807) is 13.3 Å². The van der Waals surface area contributed by atoms with Gasteiger partial charge in [-0.2, -0.15) is 0 Å². The van der Waals surface area contributed by atoms with Gasteiger partial charge < -0.3 is 14.5 Å². The third-order valence-corrected chi connectivity index (χ3v) is 5.70. The van der Waals surface area contributed by atoms with Gasteiger partial charge in [-0.05, 0) is 37.6 Å². The summed E-state index contributed by atoms with van der Waals surface area (Å²) in [6.07, 6.45) is 3.36. The fourth-order valence-corrected chi connectivity index (χ4v) is 4.06. The minimum atomic E-state index is -0.0649. The highest BCUT2D eigenvalue weighted by Gasteiger charge is 2.13. The lowest BCUT2D eigenvalue weighted by atomic mass is 10.1. The van der Waals surface area contributed by atoms with Crippen LogP contribution in [0, 0.1) is 6.92 Å². The predicted octanol–water partition coefficient (Wildman–Crippen LogP) is 5.74. The Labute approximate surface area is 184 Å². The SMILES string of the molecule is COc1ccc(-c2nc(NC(=O)CCCc3ncc(-c4ccccc4)o3)sc2C)cc1. The Morgan fingerprint density at radius 1 is 1.10 bits per heavy atom. The number of hydrogen-bond acceptors (Lipinski definition) is 6. The van der Waals surface area contributed by atoms with Gasteiger partial charge in [-0.1, -0.05) is 30.3 Å². The number of methoxy groups -OCH3 is 1. The van der Waals surface area contributed by atoms with Crippen molar-refractivity contribution < 1.29 is 13.9 Å². The molecule has 0 saturated carbocycles. The summed E-state index contributed by atoms with van der Waals surface area (Å²) in [4.78, 5) is 22.3. The van der Waals surface area contributed by atoms with E-state index in [1.807, 2.05) is 61.5 Å². The number of aryl methyl sites for hydroxylation is 2. The van der Waals surface area contributed by atoms with Crippen molar-refractivity contribution in [3.05, 3.63) is 71.6 Å². The smallest absolute Gasteiger partial charge is 0.226 e. The first-order valence-corrected chi connectivity index (χ1v) is 10.9. The summed E-state index contributed by atoms with van der Waals surface area (Å²) >= 11 is 1.47. The van der Waals surface area contributed by atoms with Gasteiger partial charge in [-0.3, -0.25) is 4.79 Å². The van der Waals surface area contributed by atoms with Crippen molar-refractivity contribution in [1.29, 1.82) is 0 Å². The molecule has 7 heteroatoms. The van der Waals surface area contributed by atoms with Crippen molar-refractivity contribution in [1.82, 2.24) is 9.97 Å². The Hall–Kier alpha value is -3.45. The quantitative estimate of drug-likeness (QED) is 0.383. The molecule has 0 spiro atoms. The molecule has 2 heterocycles. The van der Waals surface area contributed by atoms with Crippen LogP contribution in [0.15, 0.2) is 65.2 Å². The van der Waals surface area contributed by atoms with Gasteiger partial charge in [0.25, 0.3) is 0 Å². The van der Waals surface area contributed by atoms with E-state index in [0.717, 1.165) is 33.2 Å². The third-order valence-electron chi connectivity index (χ3n) is 4.81. The first kappa shape index (κ1) is 20.8. The van der Waals surface area contributed by atoms with E-state index in [2.05, 4.69) is 15.3 Å². The van der Waals surface area contributed by atoms with Crippen LogP contribution in [0.2, 0.25) is 0 Å². The van der Waals surface area contributed by atoms with Crippen molar-refractivity contribution in [2.75, 3.05) is 12.4 Å². The molecule has 2 aromatic heterocycles. The van der Waals surface area contributed by atoms with Crippen LogP contribution in [0.3, 0.4) is 0 Å². The molecule has 31 heavy (non-hydrogen) atoms. The number of anilines is 1. The Bertz CT molecular complexity index is 1150. The molecule has 1 amide bonds. The highest BCUT2D eigenvalue weighted by atomic mass is 32.1. The van der Waals surface area contributed by atoms with E-state index in [9.17, 15) is 4.79 Å². The number of oxazole rings is 1. The summed E-state index contributed by atoms with van der Waals surface area (Å²) in [5.41, 5.74) is 2.86. The molecular formula is C24H23N3O3S. The number of carbonyl (C=O) groups excluding carboxylic acids is 1. The van der Waals surface area contributed by atoms with E-state index >= 15 is 0 Å². The molecule has 1 N–H and O–H groups in total. The van der Waals surface area contributed by atoms with E-state index in [-0.39, 0.29) is 5.91 Å². The molecule has 4 rings (SSSR count). The average molecular weight is 434 g/mol. The molecule has 0 radical (unpaired) electrons. The Balaban J connectivity index is 1.30. The fourth-order valence-electron chi connectivity index (χ4n) is 3.21. The number of thiazole rings is 1. The zero-order valence-corrected chi connectivity index (χ0v) is 18.2. The number of amides is 1. The van der Waals surface area contributed by atoms with Gasteiger partial charge >= 0.3 is 0 Å². The van der Waals surface area contributed by atoms with Crippen LogP contribution in [-0.4, -0.2) is 23.0 Å². The van der Waals surface area contributed by atoms with Crippen molar-refractivity contribution in [2.24, 2.45) is 0 Å². The summed E-state index contributed by atoms with van der Waals surface area (Å²) in [7, 11) is 1.64. The lowest BCUT2D eigenvalue weighted by Gasteiger charge is -2.02. The Kier molecular flexibility index (Phi) is 6.43. The number of aromatic nitrogens is 2. The van der Waals surface area contributed by atoms with Gasteiger partial charge in [0, 0.05) is 28.8 Å². The zero-order valence-electron chi connectivity index (χ0n) is 17.4. The molecule has 0 bridgehead atoms. The van der Waals surface area contributed by atoms with E-state index in [0.29, 0.717) is 30.3 Å². The van der Waals surface area contributed by atoms with Crippen LogP contribution in [0.1, 0.15) is 23.6 Å². The van der Waals surface area contributed by atoms with Crippen molar-refractivity contribution >= 4 is 22.4 Å². The highest BCUT2D eigenvalue weighted by molar-refractivity contribution is 7.16. The van der Waals surface area contributed by atoms with E-state index < -0.39 is 0 Å². The second-order valence-corrected chi connectivity index (χ2v) is 8.24. The largest absolute Gasteiger partial charge is 0.497 e. The summed E-state index contributed by atoms with van der Waals surface area (Å²) < 4.78 is 11.0. The Morgan fingerprint density at radius 2 is 1.87 bits per heavy atom. The van der Waals surface area contributed by atoms with Crippen LogP contribution in [0.5, 0.6) is 5.75 Å². The van der Waals surface area contributed by atoms with Gasteiger partial charge in [0.1, 0.15) is 5.75 Å². The van der Waals surface area contributed by atoms with Crippen LogP contribution in [0.25, 0.3) is 22.6 Å². The normalized spacial score (nSPS) is 10.8. The summed E-state index contributed by atoms with van der Waals surface area (Å²) in [6.45, 7) is 2.00. The number of ether oxygens (including phenoxy) is 1. The lowest BCUT2D eigenvalue weighted by Crippen LogP contribution is -2.11. The number of nitrogens with zero attached hydrogens (tertiary/aromatic N) is 2. The molecule has 6 nitrogen and oxygen atoms in total. The molecule has 0 unspecified atom stereocenters. The molecule has 0 aliphatic rings. The summed E-state index contributed by atoms with van der Waals surface area (Å²) in [5.74, 6) is 2.11. The zero-order chi connectivity index (χ0) is 21.6. The molecule has 0 fully saturated rings. The third kappa shape index (κ3) is 5.19. The van der Waals surface area contributed by atoms with Crippen molar-refractivity contribution in [2.45, 2.75) is 26.2 Å². The van der Waals surface area contributed by atoms with E-state index in [4.69, 9.17) is 9.15 Å². The first-order valence-electron chi connectivity index (χ1n) is 10.0. The number of carbonyl (C=O) groups is 1. The average Bonchev–Trinajstić information content (AvgIpc) is 3.41. The van der Waals surface area contributed by atoms with Gasteiger partial charge in [0.15, 0.2) is 16.8 Å². The molecule has 0 aliphatic carbocycles. The lowest BCUT2D eigenvalue weighted by molar-refractivity contribution is -0.116.